The van der Waals surface area contributed by atoms with E-state index in [0.29, 0.717) is 6.04 Å². The van der Waals surface area contributed by atoms with Crippen LogP contribution in [0.3, 0.4) is 0 Å². The Balaban J connectivity index is 3.92. The van der Waals surface area contributed by atoms with Gasteiger partial charge in [0.05, 0.1) is 0 Å². The highest BCUT2D eigenvalue weighted by atomic mass is 32.2. The van der Waals surface area contributed by atoms with Crippen molar-refractivity contribution in [2.75, 3.05) is 12.3 Å². The van der Waals surface area contributed by atoms with E-state index in [1.165, 1.54) is 12.8 Å². The molecule has 2 nitrogen and oxygen atoms in total. The van der Waals surface area contributed by atoms with Gasteiger partial charge >= 0.3 is 0 Å². The van der Waals surface area contributed by atoms with Crippen LogP contribution in [-0.4, -0.2) is 27.8 Å². The van der Waals surface area contributed by atoms with E-state index in [4.69, 9.17) is 0 Å². The Kier molecular flexibility index (Phi) is 9.41. The van der Waals surface area contributed by atoms with Gasteiger partial charge in [0.25, 0.3) is 0 Å². The molecule has 0 aromatic rings. The van der Waals surface area contributed by atoms with Gasteiger partial charge in [0.15, 0.2) is 0 Å². The molecule has 3 unspecified atom stereocenters. The molecule has 0 amide bonds. The highest BCUT2D eigenvalue weighted by molar-refractivity contribution is 7.85. The Morgan fingerprint density at radius 1 is 1.20 bits per heavy atom. The topological polar surface area (TPSA) is 29.1 Å². The molecular formula is C12H27NOS. The Bertz CT molecular complexity index is 173. The third kappa shape index (κ3) is 6.31. The van der Waals surface area contributed by atoms with Gasteiger partial charge in [-0.25, -0.2) is 0 Å². The molecule has 3 heteroatoms. The lowest BCUT2D eigenvalue weighted by Crippen LogP contribution is -2.40. The highest BCUT2D eigenvalue weighted by Gasteiger charge is 2.19. The Morgan fingerprint density at radius 2 is 1.87 bits per heavy atom. The van der Waals surface area contributed by atoms with E-state index in [1.807, 2.05) is 0 Å². The van der Waals surface area contributed by atoms with Crippen molar-refractivity contribution in [3.8, 4) is 0 Å². The summed E-state index contributed by atoms with van der Waals surface area (Å²) in [6.07, 6.45) is 4.58. The molecule has 0 saturated heterocycles. The summed E-state index contributed by atoms with van der Waals surface area (Å²) in [5, 5.41) is 3.69. The minimum Gasteiger partial charge on any atom is -0.313 e. The van der Waals surface area contributed by atoms with Crippen LogP contribution in [0.2, 0.25) is 0 Å². The molecule has 0 saturated carbocycles. The van der Waals surface area contributed by atoms with Gasteiger partial charge in [-0.05, 0) is 26.3 Å². The number of rotatable bonds is 9. The first-order valence-corrected chi connectivity index (χ1v) is 7.66. The van der Waals surface area contributed by atoms with Crippen molar-refractivity contribution in [1.29, 1.82) is 0 Å². The summed E-state index contributed by atoms with van der Waals surface area (Å²) >= 11 is 0. The fraction of sp³-hybridized carbons (Fsp3) is 1.00. The second kappa shape index (κ2) is 9.34. The normalized spacial score (nSPS) is 17.3. The minimum atomic E-state index is -0.660. The molecule has 0 aliphatic carbocycles. The average molecular weight is 233 g/mol. The lowest BCUT2D eigenvalue weighted by atomic mass is 10.2. The third-order valence-electron chi connectivity index (χ3n) is 2.84. The van der Waals surface area contributed by atoms with Gasteiger partial charge in [0, 0.05) is 27.8 Å². The Morgan fingerprint density at radius 3 is 2.33 bits per heavy atom. The maximum absolute atomic E-state index is 12.0. The molecule has 0 fully saturated rings. The van der Waals surface area contributed by atoms with Crippen molar-refractivity contribution in [3.63, 3.8) is 0 Å². The van der Waals surface area contributed by atoms with Gasteiger partial charge in [-0.1, -0.05) is 33.6 Å². The van der Waals surface area contributed by atoms with Crippen LogP contribution in [-0.2, 0) is 10.8 Å². The van der Waals surface area contributed by atoms with E-state index < -0.39 is 10.8 Å². The Hall–Kier alpha value is 0.110. The molecule has 0 rings (SSSR count). The molecular weight excluding hydrogens is 206 g/mol. The van der Waals surface area contributed by atoms with E-state index in [9.17, 15) is 4.21 Å². The van der Waals surface area contributed by atoms with Gasteiger partial charge in [0.1, 0.15) is 0 Å². The molecule has 0 radical (unpaired) electrons. The van der Waals surface area contributed by atoms with E-state index >= 15 is 0 Å². The molecule has 15 heavy (non-hydrogen) atoms. The van der Waals surface area contributed by atoms with Gasteiger partial charge in [-0.15, -0.1) is 0 Å². The summed E-state index contributed by atoms with van der Waals surface area (Å²) in [6, 6.07) is 0.414. The van der Waals surface area contributed by atoms with Crippen LogP contribution in [0.4, 0.5) is 0 Å². The van der Waals surface area contributed by atoms with Gasteiger partial charge in [-0.3, -0.25) is 4.21 Å². The fourth-order valence-electron chi connectivity index (χ4n) is 1.77. The van der Waals surface area contributed by atoms with Crippen molar-refractivity contribution < 1.29 is 4.21 Å². The molecule has 0 aromatic heterocycles. The summed E-state index contributed by atoms with van der Waals surface area (Å²) < 4.78 is 12.0. The van der Waals surface area contributed by atoms with Gasteiger partial charge in [0.2, 0.25) is 0 Å². The predicted molar refractivity (Wildman–Crippen MR) is 69.8 cm³/mol. The summed E-state index contributed by atoms with van der Waals surface area (Å²) in [4.78, 5) is 0. The average Bonchev–Trinajstić information content (AvgIpc) is 2.25. The minimum absolute atomic E-state index is 0.284. The van der Waals surface area contributed by atoms with E-state index in [1.54, 1.807) is 0 Å². The molecule has 3 atom stereocenters. The Labute approximate surface area is 97.7 Å². The summed E-state index contributed by atoms with van der Waals surface area (Å²) in [5.41, 5.74) is 0. The lowest BCUT2D eigenvalue weighted by molar-refractivity contribution is 0.499. The van der Waals surface area contributed by atoms with Gasteiger partial charge < -0.3 is 5.32 Å². The van der Waals surface area contributed by atoms with Crippen LogP contribution in [0.5, 0.6) is 0 Å². The number of hydrogen-bond acceptors (Lipinski definition) is 2. The standard InChI is InChI=1S/C12H27NOS/c1-5-8-9-10-15(14)11(4)12(6-2)13-7-3/h11-13H,5-10H2,1-4H3. The quantitative estimate of drug-likeness (QED) is 0.620. The third-order valence-corrected chi connectivity index (χ3v) is 4.69. The number of hydrogen-bond donors (Lipinski definition) is 1. The largest absolute Gasteiger partial charge is 0.313 e. The van der Waals surface area contributed by atoms with Crippen LogP contribution < -0.4 is 5.32 Å². The second-order valence-electron chi connectivity index (χ2n) is 4.07. The summed E-state index contributed by atoms with van der Waals surface area (Å²) in [5.74, 6) is 0.872. The fourth-order valence-corrected chi connectivity index (χ4v) is 3.28. The molecule has 0 aromatic carbocycles. The molecule has 0 aliphatic heterocycles. The molecule has 0 bridgehead atoms. The van der Waals surface area contributed by atoms with Crippen molar-refractivity contribution in [2.45, 2.75) is 64.7 Å². The van der Waals surface area contributed by atoms with Crippen molar-refractivity contribution in [2.24, 2.45) is 0 Å². The summed E-state index contributed by atoms with van der Waals surface area (Å²) in [6.45, 7) is 9.52. The van der Waals surface area contributed by atoms with Crippen LogP contribution in [0.15, 0.2) is 0 Å². The second-order valence-corrected chi connectivity index (χ2v) is 5.98. The van der Waals surface area contributed by atoms with Crippen molar-refractivity contribution in [3.05, 3.63) is 0 Å². The van der Waals surface area contributed by atoms with Crippen LogP contribution in [0.1, 0.15) is 53.4 Å². The number of nitrogens with one attached hydrogen (secondary N) is 1. The van der Waals surface area contributed by atoms with Crippen LogP contribution in [0, 0.1) is 0 Å². The molecule has 0 heterocycles. The SMILES string of the molecule is CCCCCS(=O)C(C)C(CC)NCC. The zero-order valence-electron chi connectivity index (χ0n) is 10.7. The predicted octanol–water partition coefficient (Wildman–Crippen LogP) is 2.70. The molecule has 0 spiro atoms. The van der Waals surface area contributed by atoms with Crippen molar-refractivity contribution in [1.82, 2.24) is 5.32 Å². The zero-order valence-corrected chi connectivity index (χ0v) is 11.5. The van der Waals surface area contributed by atoms with Crippen molar-refractivity contribution >= 4 is 10.8 Å². The summed E-state index contributed by atoms with van der Waals surface area (Å²) in [7, 11) is -0.660. The first-order chi connectivity index (χ1) is 7.17. The molecule has 92 valence electrons. The van der Waals surface area contributed by atoms with Crippen LogP contribution in [0.25, 0.3) is 0 Å². The maximum Gasteiger partial charge on any atom is 0.0472 e. The number of unbranched alkanes of at least 4 members (excludes halogenated alkanes) is 2. The van der Waals surface area contributed by atoms with Gasteiger partial charge in [-0.2, -0.15) is 0 Å². The maximum atomic E-state index is 12.0. The van der Waals surface area contributed by atoms with Crippen LogP contribution >= 0.6 is 0 Å². The zero-order chi connectivity index (χ0) is 11.7. The van der Waals surface area contributed by atoms with E-state index in [2.05, 4.69) is 33.0 Å². The molecule has 0 aliphatic rings. The highest BCUT2D eigenvalue weighted by Crippen LogP contribution is 2.08. The lowest BCUT2D eigenvalue weighted by Gasteiger charge is -2.22. The first-order valence-electron chi connectivity index (χ1n) is 6.27. The van der Waals surface area contributed by atoms with E-state index in [0.717, 1.165) is 25.1 Å². The monoisotopic (exact) mass is 233 g/mol. The molecule has 1 N–H and O–H groups in total. The van der Waals surface area contributed by atoms with E-state index in [-0.39, 0.29) is 5.25 Å². The smallest absolute Gasteiger partial charge is 0.0472 e. The first kappa shape index (κ1) is 15.1.